The SMILES string of the molecule is CN(C)C(=O)C(=O)c1ccccc1Nc1nc(N)ncc1Cl. The number of nitrogens with two attached hydrogens (primary N) is 1. The Kier molecular flexibility index (Phi) is 4.57. The van der Waals surface area contributed by atoms with E-state index in [1.807, 2.05) is 0 Å². The summed E-state index contributed by atoms with van der Waals surface area (Å²) in [5, 5.41) is 3.15. The van der Waals surface area contributed by atoms with Gasteiger partial charge in [0.1, 0.15) is 5.02 Å². The number of aromatic nitrogens is 2. The molecule has 0 bridgehead atoms. The largest absolute Gasteiger partial charge is 0.368 e. The van der Waals surface area contributed by atoms with Crippen LogP contribution in [0.3, 0.4) is 0 Å². The van der Waals surface area contributed by atoms with Gasteiger partial charge in [0.25, 0.3) is 11.7 Å². The number of carbonyl (C=O) groups excluding carboxylic acids is 2. The molecule has 1 aromatic carbocycles. The first-order chi connectivity index (χ1) is 10.4. The van der Waals surface area contributed by atoms with Gasteiger partial charge >= 0.3 is 0 Å². The molecule has 0 aliphatic rings. The highest BCUT2D eigenvalue weighted by Gasteiger charge is 2.21. The van der Waals surface area contributed by atoms with Gasteiger partial charge in [0.2, 0.25) is 5.95 Å². The first-order valence-corrected chi connectivity index (χ1v) is 6.68. The third-order valence-corrected chi connectivity index (χ3v) is 3.06. The number of amides is 1. The van der Waals surface area contributed by atoms with Gasteiger partial charge in [0, 0.05) is 14.1 Å². The number of halogens is 1. The van der Waals surface area contributed by atoms with Gasteiger partial charge in [0.15, 0.2) is 5.82 Å². The summed E-state index contributed by atoms with van der Waals surface area (Å²) in [5.74, 6) is -0.958. The number of nitrogens with one attached hydrogen (secondary N) is 1. The maximum absolute atomic E-state index is 12.2. The van der Waals surface area contributed by atoms with Gasteiger partial charge < -0.3 is 16.0 Å². The summed E-state index contributed by atoms with van der Waals surface area (Å²) < 4.78 is 0. The van der Waals surface area contributed by atoms with E-state index in [-0.39, 0.29) is 22.4 Å². The third kappa shape index (κ3) is 3.32. The summed E-state index contributed by atoms with van der Waals surface area (Å²) in [6, 6.07) is 6.57. The quantitative estimate of drug-likeness (QED) is 0.657. The van der Waals surface area contributed by atoms with Crippen molar-refractivity contribution in [3.8, 4) is 0 Å². The molecule has 2 rings (SSSR count). The fourth-order valence-corrected chi connectivity index (χ4v) is 1.84. The summed E-state index contributed by atoms with van der Waals surface area (Å²) in [6.07, 6.45) is 1.35. The molecule has 0 radical (unpaired) electrons. The topological polar surface area (TPSA) is 101 Å². The van der Waals surface area contributed by atoms with E-state index in [0.29, 0.717) is 5.69 Å². The zero-order valence-corrected chi connectivity index (χ0v) is 12.8. The molecule has 0 saturated heterocycles. The van der Waals surface area contributed by atoms with E-state index in [1.165, 1.54) is 25.2 Å². The Hall–Kier alpha value is -2.67. The molecule has 3 N–H and O–H groups in total. The molecular weight excluding hydrogens is 306 g/mol. The van der Waals surface area contributed by atoms with E-state index in [4.69, 9.17) is 17.3 Å². The van der Waals surface area contributed by atoms with Gasteiger partial charge in [-0.2, -0.15) is 4.98 Å². The lowest BCUT2D eigenvalue weighted by Gasteiger charge is -2.13. The molecule has 0 unspecified atom stereocenters. The highest BCUT2D eigenvalue weighted by atomic mass is 35.5. The smallest absolute Gasteiger partial charge is 0.294 e. The van der Waals surface area contributed by atoms with Crippen LogP contribution in [-0.2, 0) is 4.79 Å². The van der Waals surface area contributed by atoms with Crippen LogP contribution in [0.4, 0.5) is 17.5 Å². The monoisotopic (exact) mass is 319 g/mol. The molecule has 0 spiro atoms. The summed E-state index contributed by atoms with van der Waals surface area (Å²) in [4.78, 5) is 33.0. The van der Waals surface area contributed by atoms with E-state index in [9.17, 15) is 9.59 Å². The first-order valence-electron chi connectivity index (χ1n) is 6.30. The first kappa shape index (κ1) is 15.7. The van der Waals surface area contributed by atoms with Crippen molar-refractivity contribution in [1.82, 2.24) is 14.9 Å². The number of benzene rings is 1. The molecule has 1 amide bonds. The van der Waals surface area contributed by atoms with Gasteiger partial charge in [-0.05, 0) is 12.1 Å². The minimum absolute atomic E-state index is 0.0417. The molecule has 0 aliphatic heterocycles. The Morgan fingerprint density at radius 2 is 1.95 bits per heavy atom. The van der Waals surface area contributed by atoms with E-state index < -0.39 is 11.7 Å². The van der Waals surface area contributed by atoms with Gasteiger partial charge in [0.05, 0.1) is 17.4 Å². The van der Waals surface area contributed by atoms with Crippen molar-refractivity contribution in [2.75, 3.05) is 25.1 Å². The van der Waals surface area contributed by atoms with Crippen molar-refractivity contribution < 1.29 is 9.59 Å². The van der Waals surface area contributed by atoms with E-state index >= 15 is 0 Å². The number of nitrogen functional groups attached to an aromatic ring is 1. The number of carbonyl (C=O) groups is 2. The average Bonchev–Trinajstić information content (AvgIpc) is 2.50. The standard InChI is InChI=1S/C14H14ClN5O2/c1-20(2)13(22)11(21)8-5-3-4-6-10(8)18-12-9(15)7-17-14(16)19-12/h3-7H,1-2H3,(H3,16,17,18,19). The van der Waals surface area contributed by atoms with Crippen molar-refractivity contribution in [3.63, 3.8) is 0 Å². The lowest BCUT2D eigenvalue weighted by molar-refractivity contribution is -0.124. The Bertz CT molecular complexity index is 733. The highest BCUT2D eigenvalue weighted by Crippen LogP contribution is 2.25. The van der Waals surface area contributed by atoms with Crippen LogP contribution in [0.1, 0.15) is 10.4 Å². The highest BCUT2D eigenvalue weighted by molar-refractivity contribution is 6.43. The average molecular weight is 320 g/mol. The Balaban J connectivity index is 2.39. The number of hydrogen-bond acceptors (Lipinski definition) is 6. The molecule has 1 heterocycles. The summed E-state index contributed by atoms with van der Waals surface area (Å²) >= 11 is 5.99. The fourth-order valence-electron chi connectivity index (χ4n) is 1.70. The van der Waals surface area contributed by atoms with Gasteiger partial charge in [-0.25, -0.2) is 4.98 Å². The predicted molar refractivity (Wildman–Crippen MR) is 84.2 cm³/mol. The minimum Gasteiger partial charge on any atom is -0.368 e. The molecule has 0 saturated carbocycles. The second-order valence-corrected chi connectivity index (χ2v) is 5.03. The predicted octanol–water partition coefficient (Wildman–Crippen LogP) is 1.73. The van der Waals surface area contributed by atoms with Crippen LogP contribution in [0.25, 0.3) is 0 Å². The maximum Gasteiger partial charge on any atom is 0.294 e. The second-order valence-electron chi connectivity index (χ2n) is 4.62. The molecule has 1 aromatic heterocycles. The van der Waals surface area contributed by atoms with Gasteiger partial charge in [-0.1, -0.05) is 23.7 Å². The minimum atomic E-state index is -0.633. The molecule has 22 heavy (non-hydrogen) atoms. The van der Waals surface area contributed by atoms with Gasteiger partial charge in [-0.15, -0.1) is 0 Å². The zero-order chi connectivity index (χ0) is 16.3. The number of ketones is 1. The van der Waals surface area contributed by atoms with Crippen LogP contribution >= 0.6 is 11.6 Å². The number of anilines is 3. The Morgan fingerprint density at radius 1 is 1.27 bits per heavy atom. The number of Topliss-reactive ketones (excluding diaryl/α,β-unsaturated/α-hetero) is 1. The van der Waals surface area contributed by atoms with Crippen LogP contribution < -0.4 is 11.1 Å². The van der Waals surface area contributed by atoms with E-state index in [0.717, 1.165) is 0 Å². The van der Waals surface area contributed by atoms with Crippen LogP contribution in [0.2, 0.25) is 5.02 Å². The second kappa shape index (κ2) is 6.40. The van der Waals surface area contributed by atoms with Crippen LogP contribution in [-0.4, -0.2) is 40.7 Å². The van der Waals surface area contributed by atoms with Crippen molar-refractivity contribution >= 4 is 40.7 Å². The summed E-state index contributed by atoms with van der Waals surface area (Å²) in [6.45, 7) is 0. The molecule has 0 aliphatic carbocycles. The summed E-state index contributed by atoms with van der Waals surface area (Å²) in [7, 11) is 3.02. The van der Waals surface area contributed by atoms with Crippen molar-refractivity contribution in [1.29, 1.82) is 0 Å². The molecule has 114 valence electrons. The number of nitrogens with zero attached hydrogens (tertiary/aromatic N) is 3. The van der Waals surface area contributed by atoms with Crippen molar-refractivity contribution in [2.24, 2.45) is 0 Å². The van der Waals surface area contributed by atoms with Crippen molar-refractivity contribution in [3.05, 3.63) is 41.0 Å². The molecule has 2 aromatic rings. The Morgan fingerprint density at radius 3 is 2.64 bits per heavy atom. The molecule has 8 heteroatoms. The van der Waals surface area contributed by atoms with Gasteiger partial charge in [-0.3, -0.25) is 9.59 Å². The number of likely N-dealkylation sites (N-methyl/N-ethyl adjacent to an activating group) is 1. The van der Waals surface area contributed by atoms with Crippen LogP contribution in [0, 0.1) is 0 Å². The lowest BCUT2D eigenvalue weighted by atomic mass is 10.1. The normalized spacial score (nSPS) is 10.1. The van der Waals surface area contributed by atoms with E-state index in [2.05, 4.69) is 15.3 Å². The molecule has 0 atom stereocenters. The lowest BCUT2D eigenvalue weighted by Crippen LogP contribution is -2.30. The van der Waals surface area contributed by atoms with Crippen LogP contribution in [0.15, 0.2) is 30.5 Å². The third-order valence-electron chi connectivity index (χ3n) is 2.79. The zero-order valence-electron chi connectivity index (χ0n) is 12.0. The number of rotatable bonds is 4. The van der Waals surface area contributed by atoms with E-state index in [1.54, 1.807) is 24.3 Å². The number of para-hydroxylation sites is 1. The number of hydrogen-bond donors (Lipinski definition) is 2. The molecular formula is C14H14ClN5O2. The summed E-state index contributed by atoms with van der Waals surface area (Å²) in [5.41, 5.74) is 6.14. The molecule has 7 nitrogen and oxygen atoms in total. The maximum atomic E-state index is 12.2. The molecule has 0 fully saturated rings. The Labute approximate surface area is 132 Å². The van der Waals surface area contributed by atoms with Crippen molar-refractivity contribution in [2.45, 2.75) is 0 Å². The fraction of sp³-hybridized carbons (Fsp3) is 0.143. The van der Waals surface area contributed by atoms with Crippen LogP contribution in [0.5, 0.6) is 0 Å².